The van der Waals surface area contributed by atoms with Crippen molar-refractivity contribution in [2.75, 3.05) is 5.32 Å². The van der Waals surface area contributed by atoms with Gasteiger partial charge >= 0.3 is 0 Å². The third-order valence-corrected chi connectivity index (χ3v) is 3.18. The number of nitro groups is 1. The second-order valence-corrected chi connectivity index (χ2v) is 4.71. The van der Waals surface area contributed by atoms with Gasteiger partial charge in [0.05, 0.1) is 16.8 Å². The minimum atomic E-state index is -0.542. The number of pyridine rings is 1. The number of hydrogen-bond acceptors (Lipinski definition) is 5. The Balaban J connectivity index is 1.87. The molecule has 0 aliphatic heterocycles. The van der Waals surface area contributed by atoms with Crippen molar-refractivity contribution < 1.29 is 9.72 Å². The van der Waals surface area contributed by atoms with Gasteiger partial charge in [-0.15, -0.1) is 0 Å². The molecule has 1 amide bonds. The molecule has 0 bridgehead atoms. The average molecular weight is 297 g/mol. The van der Waals surface area contributed by atoms with Gasteiger partial charge in [0, 0.05) is 28.8 Å². The number of carbonyl (C=O) groups is 1. The molecule has 0 unspecified atom stereocenters. The maximum Gasteiger partial charge on any atom is 0.270 e. The fraction of sp³-hybridized carbons (Fsp3) is 0.0714. The molecule has 0 saturated carbocycles. The summed E-state index contributed by atoms with van der Waals surface area (Å²) in [5, 5.41) is 21.0. The highest BCUT2D eigenvalue weighted by Gasteiger charge is 2.12. The number of nitrogens with zero attached hydrogens (tertiary/aromatic N) is 3. The summed E-state index contributed by atoms with van der Waals surface area (Å²) in [5.74, 6) is -0.439. The molecule has 0 saturated heterocycles. The first-order chi connectivity index (χ1) is 10.5. The van der Waals surface area contributed by atoms with Crippen LogP contribution in [0.4, 0.5) is 11.4 Å². The minimum absolute atomic E-state index is 0.132. The van der Waals surface area contributed by atoms with Gasteiger partial charge in [-0.2, -0.15) is 5.10 Å². The fourth-order valence-electron chi connectivity index (χ4n) is 2.05. The quantitative estimate of drug-likeness (QED) is 0.569. The zero-order valence-corrected chi connectivity index (χ0v) is 11.5. The third-order valence-electron chi connectivity index (χ3n) is 3.18. The lowest BCUT2D eigenvalue weighted by molar-refractivity contribution is -0.384. The first-order valence-corrected chi connectivity index (χ1v) is 6.41. The van der Waals surface area contributed by atoms with Crippen LogP contribution in [0, 0.1) is 17.0 Å². The Hall–Kier alpha value is -3.29. The SMILES string of the molecule is Cc1[nH]nc2ncc(NC(=O)c3cccc([N+](=O)[O-])c3)cc12. The molecule has 3 rings (SSSR count). The molecular weight excluding hydrogens is 286 g/mol. The fourth-order valence-corrected chi connectivity index (χ4v) is 2.05. The van der Waals surface area contributed by atoms with Crippen LogP contribution in [0.1, 0.15) is 16.1 Å². The summed E-state index contributed by atoms with van der Waals surface area (Å²) >= 11 is 0. The van der Waals surface area contributed by atoms with E-state index in [0.29, 0.717) is 11.3 Å². The van der Waals surface area contributed by atoms with Gasteiger partial charge in [-0.05, 0) is 19.1 Å². The molecule has 0 radical (unpaired) electrons. The van der Waals surface area contributed by atoms with E-state index in [1.165, 1.54) is 30.5 Å². The maximum atomic E-state index is 12.2. The number of hydrogen-bond donors (Lipinski definition) is 2. The molecule has 3 aromatic rings. The number of anilines is 1. The van der Waals surface area contributed by atoms with Crippen LogP contribution in [0.25, 0.3) is 11.0 Å². The van der Waals surface area contributed by atoms with Gasteiger partial charge in [0.1, 0.15) is 0 Å². The van der Waals surface area contributed by atoms with Crippen LogP contribution < -0.4 is 5.32 Å². The van der Waals surface area contributed by atoms with E-state index in [0.717, 1.165) is 11.1 Å². The van der Waals surface area contributed by atoms with E-state index in [1.54, 1.807) is 6.07 Å². The number of nitro benzene ring substituents is 1. The van der Waals surface area contributed by atoms with Crippen molar-refractivity contribution >= 4 is 28.3 Å². The molecule has 1 aromatic carbocycles. The zero-order valence-electron chi connectivity index (χ0n) is 11.5. The first-order valence-electron chi connectivity index (χ1n) is 6.41. The van der Waals surface area contributed by atoms with Crippen molar-refractivity contribution in [3.8, 4) is 0 Å². The molecule has 0 fully saturated rings. The number of H-pyrrole nitrogens is 1. The Bertz CT molecular complexity index is 887. The second-order valence-electron chi connectivity index (χ2n) is 4.71. The van der Waals surface area contributed by atoms with E-state index in [4.69, 9.17) is 0 Å². The lowest BCUT2D eigenvalue weighted by atomic mass is 10.2. The standard InChI is InChI=1S/C14H11N5O3/c1-8-12-6-10(7-15-13(12)18-17-8)16-14(20)9-3-2-4-11(5-9)19(21)22/h2-7H,1H3,(H,16,20)(H,15,17,18). The summed E-state index contributed by atoms with van der Waals surface area (Å²) in [5.41, 5.74) is 1.97. The van der Waals surface area contributed by atoms with Crippen LogP contribution >= 0.6 is 0 Å². The Labute approximate surface area is 124 Å². The Morgan fingerprint density at radius 3 is 2.95 bits per heavy atom. The zero-order chi connectivity index (χ0) is 15.7. The molecule has 0 aliphatic carbocycles. The predicted octanol–water partition coefficient (Wildman–Crippen LogP) is 2.43. The summed E-state index contributed by atoms with van der Waals surface area (Å²) in [4.78, 5) is 26.5. The number of nitrogens with one attached hydrogen (secondary N) is 2. The molecule has 0 aliphatic rings. The van der Waals surface area contributed by atoms with E-state index >= 15 is 0 Å². The number of aromatic amines is 1. The number of aryl methyl sites for hydroxylation is 1. The highest BCUT2D eigenvalue weighted by molar-refractivity contribution is 6.05. The third kappa shape index (κ3) is 2.49. The summed E-state index contributed by atoms with van der Waals surface area (Å²) in [7, 11) is 0. The van der Waals surface area contributed by atoms with Crippen molar-refractivity contribution in [3.05, 3.63) is 57.9 Å². The highest BCUT2D eigenvalue weighted by Crippen LogP contribution is 2.19. The van der Waals surface area contributed by atoms with Gasteiger partial charge in [-0.3, -0.25) is 20.0 Å². The summed E-state index contributed by atoms with van der Waals surface area (Å²) in [6, 6.07) is 7.28. The van der Waals surface area contributed by atoms with E-state index in [-0.39, 0.29) is 11.3 Å². The van der Waals surface area contributed by atoms with Crippen molar-refractivity contribution in [1.82, 2.24) is 15.2 Å². The summed E-state index contributed by atoms with van der Waals surface area (Å²) in [6.07, 6.45) is 1.48. The lowest BCUT2D eigenvalue weighted by Crippen LogP contribution is -2.12. The summed E-state index contributed by atoms with van der Waals surface area (Å²) < 4.78 is 0. The minimum Gasteiger partial charge on any atom is -0.321 e. The van der Waals surface area contributed by atoms with Crippen LogP contribution in [0.5, 0.6) is 0 Å². The van der Waals surface area contributed by atoms with Crippen LogP contribution in [0.2, 0.25) is 0 Å². The van der Waals surface area contributed by atoms with Crippen molar-refractivity contribution in [1.29, 1.82) is 0 Å². The lowest BCUT2D eigenvalue weighted by Gasteiger charge is -2.05. The van der Waals surface area contributed by atoms with Gasteiger partial charge in [0.25, 0.3) is 11.6 Å². The van der Waals surface area contributed by atoms with Crippen LogP contribution in [0.15, 0.2) is 36.5 Å². The van der Waals surface area contributed by atoms with Crippen LogP contribution in [-0.2, 0) is 0 Å². The van der Waals surface area contributed by atoms with E-state index in [2.05, 4.69) is 20.5 Å². The first kappa shape index (κ1) is 13.7. The Kier molecular flexibility index (Phi) is 3.26. The van der Waals surface area contributed by atoms with Crippen LogP contribution in [-0.4, -0.2) is 26.0 Å². The molecule has 110 valence electrons. The molecule has 2 aromatic heterocycles. The predicted molar refractivity (Wildman–Crippen MR) is 79.7 cm³/mol. The largest absolute Gasteiger partial charge is 0.321 e. The van der Waals surface area contributed by atoms with E-state index in [9.17, 15) is 14.9 Å². The van der Waals surface area contributed by atoms with E-state index < -0.39 is 10.8 Å². The van der Waals surface area contributed by atoms with E-state index in [1.807, 2.05) is 6.92 Å². The summed E-state index contributed by atoms with van der Waals surface area (Å²) in [6.45, 7) is 1.85. The topological polar surface area (TPSA) is 114 Å². The second kappa shape index (κ2) is 5.24. The molecule has 8 nitrogen and oxygen atoms in total. The number of rotatable bonds is 3. The smallest absolute Gasteiger partial charge is 0.270 e. The maximum absolute atomic E-state index is 12.2. The Morgan fingerprint density at radius 2 is 2.18 bits per heavy atom. The van der Waals surface area contributed by atoms with Gasteiger partial charge < -0.3 is 5.32 Å². The molecule has 0 atom stereocenters. The Morgan fingerprint density at radius 1 is 1.36 bits per heavy atom. The number of aromatic nitrogens is 3. The molecule has 8 heteroatoms. The van der Waals surface area contributed by atoms with Crippen LogP contribution in [0.3, 0.4) is 0 Å². The molecule has 2 N–H and O–H groups in total. The number of carbonyl (C=O) groups excluding carboxylic acids is 1. The van der Waals surface area contributed by atoms with Gasteiger partial charge in [0.2, 0.25) is 0 Å². The van der Waals surface area contributed by atoms with Crippen molar-refractivity contribution in [2.45, 2.75) is 6.92 Å². The number of fused-ring (bicyclic) bond motifs is 1. The normalized spacial score (nSPS) is 10.6. The molecular formula is C14H11N5O3. The monoisotopic (exact) mass is 297 g/mol. The number of amides is 1. The molecule has 2 heterocycles. The molecule has 22 heavy (non-hydrogen) atoms. The number of benzene rings is 1. The van der Waals surface area contributed by atoms with Gasteiger partial charge in [-0.25, -0.2) is 4.98 Å². The molecule has 0 spiro atoms. The van der Waals surface area contributed by atoms with Crippen molar-refractivity contribution in [2.24, 2.45) is 0 Å². The van der Waals surface area contributed by atoms with Gasteiger partial charge in [0.15, 0.2) is 5.65 Å². The average Bonchev–Trinajstić information content (AvgIpc) is 2.88. The van der Waals surface area contributed by atoms with Crippen molar-refractivity contribution in [3.63, 3.8) is 0 Å². The highest BCUT2D eigenvalue weighted by atomic mass is 16.6. The number of non-ortho nitro benzene ring substituents is 1. The van der Waals surface area contributed by atoms with Gasteiger partial charge in [-0.1, -0.05) is 6.07 Å².